The van der Waals surface area contributed by atoms with Crippen LogP contribution in [0.15, 0.2) is 70.5 Å². The molecule has 0 heterocycles. The van der Waals surface area contributed by atoms with Crippen LogP contribution in [-0.4, -0.2) is 30.6 Å². The Bertz CT molecular complexity index is 1040. The van der Waals surface area contributed by atoms with Crippen molar-refractivity contribution in [3.05, 3.63) is 77.4 Å². The maximum atomic E-state index is 15.6. The number of halogens is 1. The molecule has 0 aliphatic carbocycles. The van der Waals surface area contributed by atoms with Crippen molar-refractivity contribution in [3.8, 4) is 17.2 Å². The van der Waals surface area contributed by atoms with Crippen LogP contribution in [0.1, 0.15) is 29.0 Å². The largest absolute Gasteiger partial charge is 0.493 e. The molecule has 0 aliphatic rings. The van der Waals surface area contributed by atoms with Gasteiger partial charge in [-0.15, -0.1) is 0 Å². The van der Waals surface area contributed by atoms with E-state index in [1.54, 1.807) is 30.3 Å². The molecule has 3 aromatic carbocycles. The number of aryl methyl sites for hydroxylation is 1. The predicted octanol–water partition coefficient (Wildman–Crippen LogP) is 4.93. The lowest BCUT2D eigenvalue weighted by Gasteiger charge is -2.21. The molecular formula is C24H25FO5S. The van der Waals surface area contributed by atoms with Crippen molar-refractivity contribution in [2.75, 3.05) is 21.3 Å². The zero-order valence-electron chi connectivity index (χ0n) is 17.8. The molecule has 31 heavy (non-hydrogen) atoms. The van der Waals surface area contributed by atoms with Gasteiger partial charge in [-0.25, -0.2) is 8.60 Å². The van der Waals surface area contributed by atoms with Crippen LogP contribution in [0.2, 0.25) is 0 Å². The molecule has 1 unspecified atom stereocenters. The van der Waals surface area contributed by atoms with Gasteiger partial charge in [-0.1, -0.05) is 35.9 Å². The van der Waals surface area contributed by atoms with Crippen molar-refractivity contribution in [2.24, 2.45) is 0 Å². The molecule has 0 saturated heterocycles. The summed E-state index contributed by atoms with van der Waals surface area (Å²) in [7, 11) is 2.76. The van der Waals surface area contributed by atoms with Gasteiger partial charge in [0.15, 0.2) is 17.7 Å². The lowest BCUT2D eigenvalue weighted by atomic mass is 9.98. The van der Waals surface area contributed by atoms with Gasteiger partial charge in [-0.05, 0) is 42.8 Å². The van der Waals surface area contributed by atoms with E-state index in [4.69, 9.17) is 14.2 Å². The summed E-state index contributed by atoms with van der Waals surface area (Å²) in [6.07, 6.45) is -3.36. The topological polar surface area (TPSA) is 65.0 Å². The van der Waals surface area contributed by atoms with E-state index in [2.05, 4.69) is 0 Å². The summed E-state index contributed by atoms with van der Waals surface area (Å²) in [5, 5.41) is 10.8. The maximum absolute atomic E-state index is 15.6. The summed E-state index contributed by atoms with van der Waals surface area (Å²) in [4.78, 5) is 0.873. The Hall–Kier alpha value is -2.90. The molecular weight excluding hydrogens is 419 g/mol. The van der Waals surface area contributed by atoms with E-state index in [1.165, 1.54) is 39.5 Å². The maximum Gasteiger partial charge on any atom is 0.203 e. The highest BCUT2D eigenvalue weighted by molar-refractivity contribution is 7.85. The fourth-order valence-electron chi connectivity index (χ4n) is 3.28. The highest BCUT2D eigenvalue weighted by atomic mass is 32.2. The third-order valence-corrected chi connectivity index (χ3v) is 6.43. The first-order valence-electron chi connectivity index (χ1n) is 9.60. The van der Waals surface area contributed by atoms with Crippen molar-refractivity contribution < 1.29 is 27.9 Å². The van der Waals surface area contributed by atoms with E-state index in [0.29, 0.717) is 27.0 Å². The molecule has 3 rings (SSSR count). The number of aliphatic hydroxyl groups excluding tert-OH is 1. The van der Waals surface area contributed by atoms with E-state index in [1.807, 2.05) is 19.1 Å². The Balaban J connectivity index is 1.99. The summed E-state index contributed by atoms with van der Waals surface area (Å²) in [6, 6.07) is 16.7. The number of aliphatic hydroxyl groups is 1. The molecule has 0 saturated carbocycles. The van der Waals surface area contributed by atoms with Gasteiger partial charge in [0.25, 0.3) is 0 Å². The van der Waals surface area contributed by atoms with Crippen molar-refractivity contribution >= 4 is 10.8 Å². The molecule has 0 spiro atoms. The predicted molar refractivity (Wildman–Crippen MR) is 117 cm³/mol. The summed E-state index contributed by atoms with van der Waals surface area (Å²) in [5.41, 5.74) is 1.44. The number of hydrogen-bond acceptors (Lipinski definition) is 5. The van der Waals surface area contributed by atoms with Gasteiger partial charge in [0, 0.05) is 15.4 Å². The Morgan fingerprint density at radius 1 is 0.903 bits per heavy atom. The molecule has 164 valence electrons. The van der Waals surface area contributed by atoms with E-state index in [9.17, 15) is 9.32 Å². The van der Waals surface area contributed by atoms with Crippen LogP contribution in [0.4, 0.5) is 4.39 Å². The average molecular weight is 445 g/mol. The summed E-state index contributed by atoms with van der Waals surface area (Å²) in [6.45, 7) is 1.94. The quantitative estimate of drug-likeness (QED) is 0.534. The summed E-state index contributed by atoms with van der Waals surface area (Å²) < 4.78 is 44.6. The second kappa shape index (κ2) is 9.94. The summed E-state index contributed by atoms with van der Waals surface area (Å²) >= 11 is 0. The lowest BCUT2D eigenvalue weighted by molar-refractivity contribution is 0.0755. The number of benzene rings is 3. The Morgan fingerprint density at radius 2 is 1.48 bits per heavy atom. The first-order chi connectivity index (χ1) is 14.9. The normalized spacial score (nSPS) is 13.9. The van der Waals surface area contributed by atoms with Crippen LogP contribution in [0.5, 0.6) is 17.2 Å². The number of methoxy groups -OCH3 is 3. The molecule has 1 N–H and O–H groups in total. The van der Waals surface area contributed by atoms with E-state index >= 15 is 4.39 Å². The molecule has 0 aliphatic heterocycles. The van der Waals surface area contributed by atoms with Crippen LogP contribution in [-0.2, 0) is 10.8 Å². The molecule has 3 aromatic rings. The third kappa shape index (κ3) is 4.73. The van der Waals surface area contributed by atoms with E-state index < -0.39 is 23.1 Å². The zero-order chi connectivity index (χ0) is 22.5. The van der Waals surface area contributed by atoms with Gasteiger partial charge in [0.05, 0.1) is 32.1 Å². The summed E-state index contributed by atoms with van der Waals surface area (Å²) in [5.74, 6) is 0.955. The standard InChI is InChI=1S/C24H25FO5S/c1-15-9-11-17(12-10-15)31(27)21-8-6-5-7-18(21)22(25)23(26)16-13-19(28-2)24(30-4)20(14-16)29-3/h5-14,22-23,26H,1-4H3/t22-,23+,31?/m0/s1. The van der Waals surface area contributed by atoms with Crippen molar-refractivity contribution in [1.82, 2.24) is 0 Å². The van der Waals surface area contributed by atoms with E-state index in [-0.39, 0.29) is 11.1 Å². The van der Waals surface area contributed by atoms with Gasteiger partial charge in [0.2, 0.25) is 5.75 Å². The minimum Gasteiger partial charge on any atom is -0.493 e. The zero-order valence-corrected chi connectivity index (χ0v) is 18.6. The van der Waals surface area contributed by atoms with Gasteiger partial charge < -0.3 is 19.3 Å². The highest BCUT2D eigenvalue weighted by Gasteiger charge is 2.28. The van der Waals surface area contributed by atoms with E-state index in [0.717, 1.165) is 5.56 Å². The molecule has 5 nitrogen and oxygen atoms in total. The van der Waals surface area contributed by atoms with Crippen LogP contribution >= 0.6 is 0 Å². The third-order valence-electron chi connectivity index (χ3n) is 4.96. The van der Waals surface area contributed by atoms with Crippen LogP contribution in [0.25, 0.3) is 0 Å². The number of hydrogen-bond donors (Lipinski definition) is 1. The minimum atomic E-state index is -1.83. The first kappa shape index (κ1) is 22.8. The number of ether oxygens (including phenoxy) is 3. The van der Waals surface area contributed by atoms with Crippen LogP contribution in [0, 0.1) is 6.92 Å². The van der Waals surface area contributed by atoms with Gasteiger partial charge >= 0.3 is 0 Å². The number of alkyl halides is 1. The van der Waals surface area contributed by atoms with Gasteiger partial charge in [-0.3, -0.25) is 0 Å². The lowest BCUT2D eigenvalue weighted by Crippen LogP contribution is -2.10. The van der Waals surface area contributed by atoms with Gasteiger partial charge in [-0.2, -0.15) is 0 Å². The number of rotatable bonds is 8. The Kier molecular flexibility index (Phi) is 7.30. The smallest absolute Gasteiger partial charge is 0.203 e. The average Bonchev–Trinajstić information content (AvgIpc) is 2.82. The van der Waals surface area contributed by atoms with Crippen molar-refractivity contribution in [1.29, 1.82) is 0 Å². The molecule has 7 heteroatoms. The van der Waals surface area contributed by atoms with Crippen molar-refractivity contribution in [3.63, 3.8) is 0 Å². The fourth-order valence-corrected chi connectivity index (χ4v) is 4.51. The van der Waals surface area contributed by atoms with Crippen LogP contribution < -0.4 is 14.2 Å². The Morgan fingerprint density at radius 3 is 2.03 bits per heavy atom. The molecule has 0 radical (unpaired) electrons. The monoisotopic (exact) mass is 444 g/mol. The first-order valence-corrected chi connectivity index (χ1v) is 10.8. The van der Waals surface area contributed by atoms with Gasteiger partial charge in [0.1, 0.15) is 6.10 Å². The molecule has 0 amide bonds. The second-order valence-corrected chi connectivity index (χ2v) is 8.37. The SMILES string of the molecule is COc1cc([C@@H](O)[C@@H](F)c2ccccc2S(=O)c2ccc(C)cc2)cc(OC)c1OC. The molecule has 3 atom stereocenters. The molecule has 0 bridgehead atoms. The highest BCUT2D eigenvalue weighted by Crippen LogP contribution is 2.43. The Labute approximate surface area is 183 Å². The molecule has 0 fully saturated rings. The fraction of sp³-hybridized carbons (Fsp3) is 0.250. The van der Waals surface area contributed by atoms with Crippen molar-refractivity contribution in [2.45, 2.75) is 29.0 Å². The second-order valence-electron chi connectivity index (χ2n) is 6.92. The van der Waals surface area contributed by atoms with Crippen LogP contribution in [0.3, 0.4) is 0 Å². The minimum absolute atomic E-state index is 0.155. The molecule has 0 aromatic heterocycles.